The molecular formula is C22H23N7OS. The Morgan fingerprint density at radius 2 is 1.68 bits per heavy atom. The molecule has 0 radical (unpaired) electrons. The first kappa shape index (κ1) is 19.6. The maximum atomic E-state index is 13.0. The van der Waals surface area contributed by atoms with Gasteiger partial charge in [-0.1, -0.05) is 12.1 Å². The predicted molar refractivity (Wildman–Crippen MR) is 121 cm³/mol. The number of aryl methyl sites for hydroxylation is 3. The fourth-order valence-corrected chi connectivity index (χ4v) is 4.84. The standard InChI is InChI=1S/C22H23N7OS/c1-14-12-15(2)29(26-14)20-13-19(23-16(3)24-20)27-8-10-28(11-9-27)22(30)21-25-17-6-4-5-7-18(17)31-21/h4-7,12-13H,8-11H2,1-3H3. The largest absolute Gasteiger partial charge is 0.353 e. The summed E-state index contributed by atoms with van der Waals surface area (Å²) in [5.41, 5.74) is 2.87. The van der Waals surface area contributed by atoms with E-state index >= 15 is 0 Å². The summed E-state index contributed by atoms with van der Waals surface area (Å²) in [6.07, 6.45) is 0. The Morgan fingerprint density at radius 1 is 0.935 bits per heavy atom. The molecule has 0 aliphatic carbocycles. The fraction of sp³-hybridized carbons (Fsp3) is 0.318. The summed E-state index contributed by atoms with van der Waals surface area (Å²) in [5, 5.41) is 5.10. The van der Waals surface area contributed by atoms with Gasteiger partial charge in [0.25, 0.3) is 5.91 Å². The van der Waals surface area contributed by atoms with E-state index in [0.29, 0.717) is 37.0 Å². The summed E-state index contributed by atoms with van der Waals surface area (Å²) in [6.45, 7) is 8.57. The highest BCUT2D eigenvalue weighted by Gasteiger charge is 2.25. The van der Waals surface area contributed by atoms with E-state index in [4.69, 9.17) is 0 Å². The van der Waals surface area contributed by atoms with E-state index in [1.54, 1.807) is 0 Å². The van der Waals surface area contributed by atoms with Crippen LogP contribution in [0.2, 0.25) is 0 Å². The Bertz CT molecular complexity index is 1240. The van der Waals surface area contributed by atoms with E-state index in [2.05, 4.69) is 25.0 Å². The minimum Gasteiger partial charge on any atom is -0.353 e. The number of amides is 1. The summed E-state index contributed by atoms with van der Waals surface area (Å²) < 4.78 is 2.89. The highest BCUT2D eigenvalue weighted by Crippen LogP contribution is 2.24. The first-order valence-corrected chi connectivity index (χ1v) is 11.1. The zero-order valence-corrected chi connectivity index (χ0v) is 18.6. The molecule has 1 aromatic carbocycles. The number of carbonyl (C=O) groups is 1. The lowest BCUT2D eigenvalue weighted by molar-refractivity contribution is 0.0746. The highest BCUT2D eigenvalue weighted by molar-refractivity contribution is 7.20. The monoisotopic (exact) mass is 433 g/mol. The molecule has 5 rings (SSSR count). The zero-order chi connectivity index (χ0) is 21.5. The van der Waals surface area contributed by atoms with Gasteiger partial charge >= 0.3 is 0 Å². The van der Waals surface area contributed by atoms with Crippen LogP contribution in [-0.4, -0.2) is 61.7 Å². The number of piperazine rings is 1. The molecule has 0 unspecified atom stereocenters. The van der Waals surface area contributed by atoms with Crippen molar-refractivity contribution >= 4 is 33.3 Å². The molecule has 1 amide bonds. The second-order valence-corrected chi connectivity index (χ2v) is 8.77. The number of benzene rings is 1. The van der Waals surface area contributed by atoms with Crippen LogP contribution < -0.4 is 4.90 Å². The maximum absolute atomic E-state index is 13.0. The zero-order valence-electron chi connectivity index (χ0n) is 17.7. The van der Waals surface area contributed by atoms with Gasteiger partial charge in [0, 0.05) is 37.9 Å². The van der Waals surface area contributed by atoms with Gasteiger partial charge in [-0.2, -0.15) is 5.10 Å². The number of rotatable bonds is 3. The van der Waals surface area contributed by atoms with Crippen molar-refractivity contribution in [3.05, 3.63) is 58.6 Å². The van der Waals surface area contributed by atoms with Crippen molar-refractivity contribution < 1.29 is 4.79 Å². The van der Waals surface area contributed by atoms with Crippen LogP contribution in [0.25, 0.3) is 16.0 Å². The quantitative estimate of drug-likeness (QED) is 0.494. The molecule has 0 saturated carbocycles. The Labute approximate surface area is 184 Å². The van der Waals surface area contributed by atoms with E-state index in [9.17, 15) is 4.79 Å². The lowest BCUT2D eigenvalue weighted by Crippen LogP contribution is -2.49. The molecule has 1 aliphatic heterocycles. The second-order valence-electron chi connectivity index (χ2n) is 7.74. The molecule has 0 spiro atoms. The first-order chi connectivity index (χ1) is 15.0. The average molecular weight is 434 g/mol. The van der Waals surface area contributed by atoms with Gasteiger partial charge in [0.15, 0.2) is 10.8 Å². The maximum Gasteiger partial charge on any atom is 0.282 e. The van der Waals surface area contributed by atoms with Crippen LogP contribution in [-0.2, 0) is 0 Å². The molecule has 1 saturated heterocycles. The third-order valence-corrected chi connectivity index (χ3v) is 6.43. The van der Waals surface area contributed by atoms with Gasteiger partial charge in [-0.15, -0.1) is 11.3 Å². The Kier molecular flexibility index (Phi) is 4.90. The Hall–Kier alpha value is -3.33. The van der Waals surface area contributed by atoms with Crippen molar-refractivity contribution in [1.29, 1.82) is 0 Å². The third kappa shape index (κ3) is 3.76. The highest BCUT2D eigenvalue weighted by atomic mass is 32.1. The van der Waals surface area contributed by atoms with Gasteiger partial charge in [-0.25, -0.2) is 19.6 Å². The molecule has 1 fully saturated rings. The Morgan fingerprint density at radius 3 is 2.39 bits per heavy atom. The first-order valence-electron chi connectivity index (χ1n) is 10.3. The van der Waals surface area contributed by atoms with Crippen molar-refractivity contribution in [3.8, 4) is 5.82 Å². The number of carbonyl (C=O) groups excluding carboxylic acids is 1. The minimum absolute atomic E-state index is 0.00282. The van der Waals surface area contributed by atoms with Gasteiger partial charge in [0.2, 0.25) is 0 Å². The topological polar surface area (TPSA) is 80.0 Å². The van der Waals surface area contributed by atoms with Gasteiger partial charge in [0.1, 0.15) is 11.6 Å². The smallest absolute Gasteiger partial charge is 0.282 e. The second kappa shape index (κ2) is 7.73. The fourth-order valence-electron chi connectivity index (χ4n) is 3.91. The summed E-state index contributed by atoms with van der Waals surface area (Å²) >= 11 is 1.45. The van der Waals surface area contributed by atoms with Crippen molar-refractivity contribution in [2.45, 2.75) is 20.8 Å². The van der Waals surface area contributed by atoms with Crippen molar-refractivity contribution in [2.75, 3.05) is 31.1 Å². The van der Waals surface area contributed by atoms with Crippen LogP contribution >= 0.6 is 11.3 Å². The lowest BCUT2D eigenvalue weighted by Gasteiger charge is -2.35. The number of fused-ring (bicyclic) bond motifs is 1. The minimum atomic E-state index is 0.00282. The summed E-state index contributed by atoms with van der Waals surface area (Å²) in [7, 11) is 0. The third-order valence-electron chi connectivity index (χ3n) is 5.41. The van der Waals surface area contributed by atoms with Crippen molar-refractivity contribution in [1.82, 2.24) is 29.6 Å². The molecule has 31 heavy (non-hydrogen) atoms. The van der Waals surface area contributed by atoms with Crippen LogP contribution in [0.5, 0.6) is 0 Å². The van der Waals surface area contributed by atoms with Gasteiger partial charge in [-0.05, 0) is 39.0 Å². The molecule has 0 atom stereocenters. The van der Waals surface area contributed by atoms with Crippen molar-refractivity contribution in [3.63, 3.8) is 0 Å². The van der Waals surface area contributed by atoms with E-state index < -0.39 is 0 Å². The number of hydrogen-bond donors (Lipinski definition) is 0. The molecule has 0 N–H and O–H groups in total. The van der Waals surface area contributed by atoms with Crippen LogP contribution in [0.4, 0.5) is 5.82 Å². The SMILES string of the molecule is Cc1cc(C)n(-c2cc(N3CCN(C(=O)c4nc5ccccc5s4)CC3)nc(C)n2)n1. The number of para-hydroxylation sites is 1. The number of anilines is 1. The molecule has 8 nitrogen and oxygen atoms in total. The van der Waals surface area contributed by atoms with E-state index in [0.717, 1.165) is 33.2 Å². The van der Waals surface area contributed by atoms with Crippen LogP contribution in [0.15, 0.2) is 36.4 Å². The molecule has 3 aromatic heterocycles. The molecular weight excluding hydrogens is 410 g/mol. The van der Waals surface area contributed by atoms with Crippen LogP contribution in [0.3, 0.4) is 0 Å². The number of aromatic nitrogens is 5. The van der Waals surface area contributed by atoms with Gasteiger partial charge in [0.05, 0.1) is 15.9 Å². The number of thiazole rings is 1. The van der Waals surface area contributed by atoms with Crippen molar-refractivity contribution in [2.24, 2.45) is 0 Å². The number of hydrogen-bond acceptors (Lipinski definition) is 7. The summed E-state index contributed by atoms with van der Waals surface area (Å²) in [5.74, 6) is 2.33. The molecule has 0 bridgehead atoms. The Balaban J connectivity index is 1.32. The van der Waals surface area contributed by atoms with Crippen LogP contribution in [0, 0.1) is 20.8 Å². The van der Waals surface area contributed by atoms with E-state index in [-0.39, 0.29) is 5.91 Å². The molecule has 4 aromatic rings. The predicted octanol–water partition coefficient (Wildman–Crippen LogP) is 3.16. The van der Waals surface area contributed by atoms with Gasteiger partial charge < -0.3 is 9.80 Å². The summed E-state index contributed by atoms with van der Waals surface area (Å²) in [6, 6.07) is 11.9. The normalized spacial score (nSPS) is 14.4. The molecule has 4 heterocycles. The van der Waals surface area contributed by atoms with Crippen LogP contribution in [0.1, 0.15) is 27.0 Å². The van der Waals surface area contributed by atoms with E-state index in [1.165, 1.54) is 11.3 Å². The van der Waals surface area contributed by atoms with E-state index in [1.807, 2.05) is 66.8 Å². The molecule has 1 aliphatic rings. The molecule has 158 valence electrons. The van der Waals surface area contributed by atoms with Gasteiger partial charge in [-0.3, -0.25) is 4.79 Å². The summed E-state index contributed by atoms with van der Waals surface area (Å²) in [4.78, 5) is 30.8. The average Bonchev–Trinajstić information content (AvgIpc) is 3.35. The number of nitrogens with zero attached hydrogens (tertiary/aromatic N) is 7. The lowest BCUT2D eigenvalue weighted by atomic mass is 10.3. The molecule has 9 heteroatoms.